The highest BCUT2D eigenvalue weighted by molar-refractivity contribution is 5.87. The molecule has 0 aromatic carbocycles. The smallest absolute Gasteiger partial charge is 0.353 e. The van der Waals surface area contributed by atoms with Crippen LogP contribution in [-0.2, 0) is 9.53 Å². The maximum atomic E-state index is 11.2. The summed E-state index contributed by atoms with van der Waals surface area (Å²) in [5.74, 6) is 0.113. The molecule has 0 aliphatic rings. The fourth-order valence-corrected chi connectivity index (χ4v) is 1.40. The van der Waals surface area contributed by atoms with Gasteiger partial charge >= 0.3 is 5.97 Å². The van der Waals surface area contributed by atoms with E-state index in [-0.39, 0.29) is 5.70 Å². The number of hydrogen-bond acceptors (Lipinski definition) is 3. The third-order valence-corrected chi connectivity index (χ3v) is 2.46. The SMILES string of the molecule is CCOC(=O)/C(N)=C/C[C@H](C)CCC=C(C)C. The highest BCUT2D eigenvalue weighted by atomic mass is 16.5. The van der Waals surface area contributed by atoms with Gasteiger partial charge in [0.15, 0.2) is 0 Å². The average Bonchev–Trinajstić information content (AvgIpc) is 2.25. The van der Waals surface area contributed by atoms with E-state index in [1.807, 2.05) is 0 Å². The van der Waals surface area contributed by atoms with Crippen molar-refractivity contribution < 1.29 is 9.53 Å². The Morgan fingerprint density at radius 1 is 1.35 bits per heavy atom. The second-order valence-corrected chi connectivity index (χ2v) is 4.58. The lowest BCUT2D eigenvalue weighted by molar-refractivity contribution is -0.138. The minimum Gasteiger partial charge on any atom is -0.461 e. The Kier molecular flexibility index (Phi) is 8.20. The Balaban J connectivity index is 3.96. The first-order valence-electron chi connectivity index (χ1n) is 6.23. The first-order valence-corrected chi connectivity index (χ1v) is 6.23. The van der Waals surface area contributed by atoms with Crippen LogP contribution in [0.25, 0.3) is 0 Å². The van der Waals surface area contributed by atoms with Gasteiger partial charge in [0, 0.05) is 0 Å². The molecule has 0 fully saturated rings. The van der Waals surface area contributed by atoms with Crippen LogP contribution in [0, 0.1) is 5.92 Å². The maximum Gasteiger partial charge on any atom is 0.353 e. The van der Waals surface area contributed by atoms with Crippen LogP contribution in [0.4, 0.5) is 0 Å². The first-order chi connectivity index (χ1) is 7.97. The molecule has 3 nitrogen and oxygen atoms in total. The van der Waals surface area contributed by atoms with Gasteiger partial charge in [-0.25, -0.2) is 4.79 Å². The molecule has 3 heteroatoms. The lowest BCUT2D eigenvalue weighted by Crippen LogP contribution is -2.15. The van der Waals surface area contributed by atoms with Crippen LogP contribution in [0.3, 0.4) is 0 Å². The van der Waals surface area contributed by atoms with Gasteiger partial charge in [0.05, 0.1) is 6.61 Å². The van der Waals surface area contributed by atoms with E-state index in [0.717, 1.165) is 19.3 Å². The van der Waals surface area contributed by atoms with E-state index in [4.69, 9.17) is 10.5 Å². The van der Waals surface area contributed by atoms with Crippen LogP contribution in [0.1, 0.15) is 47.0 Å². The molecular formula is C14H25NO2. The molecule has 0 saturated heterocycles. The maximum absolute atomic E-state index is 11.2. The number of allylic oxidation sites excluding steroid dienone is 3. The zero-order chi connectivity index (χ0) is 13.3. The van der Waals surface area contributed by atoms with Gasteiger partial charge in [0.25, 0.3) is 0 Å². The van der Waals surface area contributed by atoms with Crippen molar-refractivity contribution in [3.8, 4) is 0 Å². The normalized spacial score (nSPS) is 13.1. The molecule has 0 saturated carbocycles. The molecule has 0 aliphatic carbocycles. The van der Waals surface area contributed by atoms with Gasteiger partial charge < -0.3 is 10.5 Å². The molecule has 0 heterocycles. The number of esters is 1. The highest BCUT2D eigenvalue weighted by Gasteiger charge is 2.06. The minimum absolute atomic E-state index is 0.223. The molecule has 0 unspecified atom stereocenters. The molecule has 0 spiro atoms. The summed E-state index contributed by atoms with van der Waals surface area (Å²) in [4.78, 5) is 11.2. The van der Waals surface area contributed by atoms with Crippen molar-refractivity contribution in [1.82, 2.24) is 0 Å². The predicted molar refractivity (Wildman–Crippen MR) is 71.3 cm³/mol. The van der Waals surface area contributed by atoms with Gasteiger partial charge in [0.2, 0.25) is 0 Å². The summed E-state index contributed by atoms with van der Waals surface area (Å²) >= 11 is 0. The number of rotatable bonds is 7. The van der Waals surface area contributed by atoms with Gasteiger partial charge in [-0.2, -0.15) is 0 Å². The lowest BCUT2D eigenvalue weighted by atomic mass is 10.0. The molecule has 0 bridgehead atoms. The second kappa shape index (κ2) is 8.85. The summed E-state index contributed by atoms with van der Waals surface area (Å²) < 4.78 is 4.81. The number of ether oxygens (including phenoxy) is 1. The molecule has 1 atom stereocenters. The molecule has 0 aromatic rings. The Bertz CT molecular complexity index is 289. The number of carbonyl (C=O) groups is 1. The van der Waals surface area contributed by atoms with Gasteiger partial charge in [-0.1, -0.05) is 24.6 Å². The van der Waals surface area contributed by atoms with E-state index in [0.29, 0.717) is 12.5 Å². The van der Waals surface area contributed by atoms with Crippen molar-refractivity contribution in [2.45, 2.75) is 47.0 Å². The van der Waals surface area contributed by atoms with Crippen molar-refractivity contribution in [1.29, 1.82) is 0 Å². The molecule has 0 radical (unpaired) electrons. The number of nitrogens with two attached hydrogens (primary N) is 1. The Morgan fingerprint density at radius 3 is 2.53 bits per heavy atom. The Morgan fingerprint density at radius 2 is 2.00 bits per heavy atom. The quantitative estimate of drug-likeness (QED) is 0.422. The summed E-state index contributed by atoms with van der Waals surface area (Å²) in [5.41, 5.74) is 7.17. The van der Waals surface area contributed by atoms with E-state index in [9.17, 15) is 4.79 Å². The largest absolute Gasteiger partial charge is 0.461 e. The standard InChI is InChI=1S/C14H25NO2/c1-5-17-14(16)13(15)10-9-12(4)8-6-7-11(2)3/h7,10,12H,5-6,8-9,15H2,1-4H3/b13-10-/t12-/m1/s1. The summed E-state index contributed by atoms with van der Waals surface area (Å²) in [7, 11) is 0. The molecule has 0 amide bonds. The molecule has 17 heavy (non-hydrogen) atoms. The van der Waals surface area contributed by atoms with Gasteiger partial charge in [-0.3, -0.25) is 0 Å². The molecular weight excluding hydrogens is 214 g/mol. The van der Waals surface area contributed by atoms with Gasteiger partial charge in [-0.15, -0.1) is 0 Å². The predicted octanol–water partition coefficient (Wildman–Crippen LogP) is 3.16. The van der Waals surface area contributed by atoms with E-state index >= 15 is 0 Å². The molecule has 0 aliphatic heterocycles. The van der Waals surface area contributed by atoms with Crippen LogP contribution in [-0.4, -0.2) is 12.6 Å². The monoisotopic (exact) mass is 239 g/mol. The Hall–Kier alpha value is -1.25. The first kappa shape index (κ1) is 15.8. The molecule has 2 N–H and O–H groups in total. The van der Waals surface area contributed by atoms with E-state index < -0.39 is 5.97 Å². The molecule has 98 valence electrons. The Labute approximate surface area is 105 Å². The summed E-state index contributed by atoms with van der Waals surface area (Å²) in [6.07, 6.45) is 7.01. The lowest BCUT2D eigenvalue weighted by Gasteiger charge is -2.07. The number of hydrogen-bond donors (Lipinski definition) is 1. The van der Waals surface area contributed by atoms with Crippen LogP contribution >= 0.6 is 0 Å². The van der Waals surface area contributed by atoms with Crippen LogP contribution in [0.15, 0.2) is 23.4 Å². The second-order valence-electron chi connectivity index (χ2n) is 4.58. The van der Waals surface area contributed by atoms with E-state index in [1.54, 1.807) is 13.0 Å². The van der Waals surface area contributed by atoms with E-state index in [1.165, 1.54) is 5.57 Å². The van der Waals surface area contributed by atoms with Crippen LogP contribution in [0.2, 0.25) is 0 Å². The summed E-state index contributed by atoms with van der Waals surface area (Å²) in [6, 6.07) is 0. The topological polar surface area (TPSA) is 52.3 Å². The van der Waals surface area contributed by atoms with Crippen LogP contribution in [0.5, 0.6) is 0 Å². The average molecular weight is 239 g/mol. The third kappa shape index (κ3) is 8.55. The van der Waals surface area contributed by atoms with Crippen molar-refractivity contribution in [2.24, 2.45) is 11.7 Å². The fraction of sp³-hybridized carbons (Fsp3) is 0.643. The minimum atomic E-state index is -0.413. The highest BCUT2D eigenvalue weighted by Crippen LogP contribution is 2.13. The summed E-state index contributed by atoms with van der Waals surface area (Å²) in [5, 5.41) is 0. The fourth-order valence-electron chi connectivity index (χ4n) is 1.40. The summed E-state index contributed by atoms with van der Waals surface area (Å²) in [6.45, 7) is 8.50. The van der Waals surface area contributed by atoms with Gasteiger partial charge in [0.1, 0.15) is 5.70 Å². The van der Waals surface area contributed by atoms with Crippen molar-refractivity contribution in [3.05, 3.63) is 23.4 Å². The molecule has 0 aromatic heterocycles. The molecule has 0 rings (SSSR count). The third-order valence-electron chi connectivity index (χ3n) is 2.46. The van der Waals surface area contributed by atoms with E-state index in [2.05, 4.69) is 26.8 Å². The van der Waals surface area contributed by atoms with Crippen molar-refractivity contribution in [3.63, 3.8) is 0 Å². The van der Waals surface area contributed by atoms with Crippen molar-refractivity contribution >= 4 is 5.97 Å². The zero-order valence-corrected chi connectivity index (χ0v) is 11.5. The number of carbonyl (C=O) groups excluding carboxylic acids is 1. The van der Waals surface area contributed by atoms with Gasteiger partial charge in [-0.05, 0) is 46.0 Å². The zero-order valence-electron chi connectivity index (χ0n) is 11.5. The van der Waals surface area contributed by atoms with Crippen LogP contribution < -0.4 is 5.73 Å². The van der Waals surface area contributed by atoms with Crippen molar-refractivity contribution in [2.75, 3.05) is 6.61 Å².